The van der Waals surface area contributed by atoms with Crippen LogP contribution in [0.2, 0.25) is 5.02 Å². The summed E-state index contributed by atoms with van der Waals surface area (Å²) >= 11 is 6.19. The van der Waals surface area contributed by atoms with Gasteiger partial charge in [0.1, 0.15) is 23.9 Å². The van der Waals surface area contributed by atoms with E-state index < -0.39 is 11.9 Å². The minimum Gasteiger partial charge on any atom is -0.497 e. The van der Waals surface area contributed by atoms with Crippen molar-refractivity contribution in [2.45, 2.75) is 19.1 Å². The van der Waals surface area contributed by atoms with Crippen molar-refractivity contribution in [2.24, 2.45) is 0 Å². The molecule has 2 amide bonds. The van der Waals surface area contributed by atoms with Crippen molar-refractivity contribution in [3.05, 3.63) is 107 Å². The molecular weight excluding hydrogens is 558 g/mol. The Balaban J connectivity index is 1.38. The Bertz CT molecular complexity index is 1740. The standard InChI is InChI=1S/C31H26ClN5O5/c1-40-24-13-6-20(7-14-24)17-36(29(38)18-37-26-5-3-2-4-25(26)34-35-37)30(21-8-10-22(32)11-9-21)31(39)33-23-12-15-27-28(16-23)42-19-41-27/h2-16,30H,17-19H2,1H3,(H,33,39). The summed E-state index contributed by atoms with van der Waals surface area (Å²) in [6, 6.07) is 25.7. The topological polar surface area (TPSA) is 108 Å². The molecule has 11 heteroatoms. The van der Waals surface area contributed by atoms with Gasteiger partial charge in [-0.3, -0.25) is 9.59 Å². The van der Waals surface area contributed by atoms with Gasteiger partial charge in [-0.25, -0.2) is 4.68 Å². The molecule has 212 valence electrons. The zero-order chi connectivity index (χ0) is 29.1. The third kappa shape index (κ3) is 5.70. The maximum atomic E-state index is 14.1. The second-order valence-corrected chi connectivity index (χ2v) is 10.1. The summed E-state index contributed by atoms with van der Waals surface area (Å²) in [6.07, 6.45) is 0. The lowest BCUT2D eigenvalue weighted by atomic mass is 10.0. The second-order valence-electron chi connectivity index (χ2n) is 9.62. The number of rotatable bonds is 9. The van der Waals surface area contributed by atoms with E-state index in [1.165, 1.54) is 9.58 Å². The minimum absolute atomic E-state index is 0.112. The van der Waals surface area contributed by atoms with Crippen LogP contribution in [-0.4, -0.2) is 45.6 Å². The molecule has 1 unspecified atom stereocenters. The zero-order valence-corrected chi connectivity index (χ0v) is 23.3. The van der Waals surface area contributed by atoms with Crippen LogP contribution in [0.25, 0.3) is 11.0 Å². The first-order valence-corrected chi connectivity index (χ1v) is 13.5. The largest absolute Gasteiger partial charge is 0.497 e. The van der Waals surface area contributed by atoms with Crippen LogP contribution in [0.3, 0.4) is 0 Å². The smallest absolute Gasteiger partial charge is 0.251 e. The maximum absolute atomic E-state index is 14.1. The van der Waals surface area contributed by atoms with Crippen molar-refractivity contribution in [3.8, 4) is 17.2 Å². The van der Waals surface area contributed by atoms with Crippen LogP contribution in [0, 0.1) is 0 Å². The molecule has 0 fully saturated rings. The maximum Gasteiger partial charge on any atom is 0.251 e. The number of fused-ring (bicyclic) bond motifs is 2. The summed E-state index contributed by atoms with van der Waals surface area (Å²) in [4.78, 5) is 29.8. The quantitative estimate of drug-likeness (QED) is 0.253. The molecule has 0 saturated carbocycles. The molecule has 1 aromatic heterocycles. The minimum atomic E-state index is -1.02. The van der Waals surface area contributed by atoms with E-state index >= 15 is 0 Å². The lowest BCUT2D eigenvalue weighted by Crippen LogP contribution is -2.42. The van der Waals surface area contributed by atoms with E-state index in [4.69, 9.17) is 25.8 Å². The van der Waals surface area contributed by atoms with Crippen molar-refractivity contribution in [1.29, 1.82) is 0 Å². The number of halogens is 1. The summed E-state index contributed by atoms with van der Waals surface area (Å²) in [5, 5.41) is 11.8. The van der Waals surface area contributed by atoms with Crippen LogP contribution in [-0.2, 0) is 22.7 Å². The molecule has 1 aliphatic heterocycles. The number of aromatic nitrogens is 3. The molecule has 0 bridgehead atoms. The van der Waals surface area contributed by atoms with Crippen LogP contribution in [0.1, 0.15) is 17.2 Å². The van der Waals surface area contributed by atoms with Gasteiger partial charge in [-0.2, -0.15) is 0 Å². The van der Waals surface area contributed by atoms with E-state index in [9.17, 15) is 9.59 Å². The molecule has 0 saturated heterocycles. The molecular formula is C31H26ClN5O5. The SMILES string of the molecule is COc1ccc(CN(C(=O)Cn2nnc3ccccc32)C(C(=O)Nc2ccc3c(c2)OCO3)c2ccc(Cl)cc2)cc1. The number of hydrogen-bond acceptors (Lipinski definition) is 7. The first kappa shape index (κ1) is 27.1. The average molecular weight is 584 g/mol. The van der Waals surface area contributed by atoms with Crippen LogP contribution in [0.15, 0.2) is 91.0 Å². The van der Waals surface area contributed by atoms with Crippen molar-refractivity contribution >= 4 is 40.1 Å². The van der Waals surface area contributed by atoms with Gasteiger partial charge < -0.3 is 24.4 Å². The molecule has 0 radical (unpaired) electrons. The summed E-state index contributed by atoms with van der Waals surface area (Å²) < 4.78 is 17.7. The highest BCUT2D eigenvalue weighted by Crippen LogP contribution is 2.35. The van der Waals surface area contributed by atoms with Gasteiger partial charge in [0.05, 0.1) is 12.6 Å². The first-order valence-electron chi connectivity index (χ1n) is 13.1. The Kier molecular flexibility index (Phi) is 7.61. The number of amides is 2. The highest BCUT2D eigenvalue weighted by molar-refractivity contribution is 6.30. The van der Waals surface area contributed by atoms with Gasteiger partial charge >= 0.3 is 0 Å². The summed E-state index contributed by atoms with van der Waals surface area (Å²) in [6.45, 7) is 0.122. The Morgan fingerprint density at radius 2 is 1.76 bits per heavy atom. The Hall–Kier alpha value is -5.09. The van der Waals surface area contributed by atoms with E-state index in [2.05, 4.69) is 15.6 Å². The fourth-order valence-corrected chi connectivity index (χ4v) is 4.93. The number of anilines is 1. The monoisotopic (exact) mass is 583 g/mol. The van der Waals surface area contributed by atoms with Crippen molar-refractivity contribution in [1.82, 2.24) is 19.9 Å². The number of benzene rings is 4. The number of carbonyl (C=O) groups excluding carboxylic acids is 2. The number of ether oxygens (including phenoxy) is 3. The van der Waals surface area contributed by atoms with Gasteiger partial charge in [0.25, 0.3) is 5.91 Å². The summed E-state index contributed by atoms with van der Waals surface area (Å²) in [5.74, 6) is 1.06. The van der Waals surface area contributed by atoms with Crippen molar-refractivity contribution < 1.29 is 23.8 Å². The second kappa shape index (κ2) is 11.8. The molecule has 6 rings (SSSR count). The van der Waals surface area contributed by atoms with Gasteiger partial charge in [0.15, 0.2) is 11.5 Å². The van der Waals surface area contributed by atoms with Crippen molar-refractivity contribution in [3.63, 3.8) is 0 Å². The van der Waals surface area contributed by atoms with E-state index in [1.807, 2.05) is 48.5 Å². The number of carbonyl (C=O) groups is 2. The lowest BCUT2D eigenvalue weighted by Gasteiger charge is -2.32. The van der Waals surface area contributed by atoms with Crippen molar-refractivity contribution in [2.75, 3.05) is 19.2 Å². The van der Waals surface area contributed by atoms with Gasteiger partial charge in [-0.1, -0.05) is 53.2 Å². The number of nitrogens with one attached hydrogen (secondary N) is 1. The number of hydrogen-bond donors (Lipinski definition) is 1. The third-order valence-corrected chi connectivity index (χ3v) is 7.18. The Labute approximate surface area is 246 Å². The van der Waals surface area contributed by atoms with Crippen LogP contribution >= 0.6 is 11.6 Å². The molecule has 5 aromatic rings. The van der Waals surface area contributed by atoms with E-state index in [0.717, 1.165) is 5.56 Å². The fourth-order valence-electron chi connectivity index (χ4n) is 4.81. The third-order valence-electron chi connectivity index (χ3n) is 6.92. The molecule has 1 N–H and O–H groups in total. The zero-order valence-electron chi connectivity index (χ0n) is 22.6. The normalized spacial score (nSPS) is 12.6. The highest BCUT2D eigenvalue weighted by atomic mass is 35.5. The summed E-state index contributed by atoms with van der Waals surface area (Å²) in [5.41, 5.74) is 3.28. The van der Waals surface area contributed by atoms with Crippen LogP contribution < -0.4 is 19.5 Å². The molecule has 0 aliphatic carbocycles. The van der Waals surface area contributed by atoms with Crippen LogP contribution in [0.4, 0.5) is 5.69 Å². The highest BCUT2D eigenvalue weighted by Gasteiger charge is 2.32. The molecule has 1 aliphatic rings. The Morgan fingerprint density at radius 1 is 1.00 bits per heavy atom. The molecule has 4 aromatic carbocycles. The molecule has 10 nitrogen and oxygen atoms in total. The van der Waals surface area contributed by atoms with Gasteiger partial charge in [0.2, 0.25) is 12.7 Å². The van der Waals surface area contributed by atoms with Gasteiger partial charge in [-0.05, 0) is 59.7 Å². The van der Waals surface area contributed by atoms with Gasteiger partial charge in [-0.15, -0.1) is 5.10 Å². The number of nitrogens with zero attached hydrogens (tertiary/aromatic N) is 4. The van der Waals surface area contributed by atoms with Crippen LogP contribution in [0.5, 0.6) is 17.2 Å². The Morgan fingerprint density at radius 3 is 2.55 bits per heavy atom. The molecule has 0 spiro atoms. The first-order chi connectivity index (χ1) is 20.5. The number of para-hydroxylation sites is 1. The lowest BCUT2D eigenvalue weighted by molar-refractivity contribution is -0.140. The van der Waals surface area contributed by atoms with Gasteiger partial charge in [0, 0.05) is 23.3 Å². The molecule has 42 heavy (non-hydrogen) atoms. The molecule has 1 atom stereocenters. The predicted molar refractivity (Wildman–Crippen MR) is 156 cm³/mol. The summed E-state index contributed by atoms with van der Waals surface area (Å²) in [7, 11) is 1.59. The average Bonchev–Trinajstić information content (AvgIpc) is 3.65. The van der Waals surface area contributed by atoms with E-state index in [1.54, 1.807) is 49.6 Å². The molecule has 2 heterocycles. The van der Waals surface area contributed by atoms with E-state index in [0.29, 0.717) is 44.6 Å². The fraction of sp³-hybridized carbons (Fsp3) is 0.161. The number of methoxy groups -OCH3 is 1. The van der Waals surface area contributed by atoms with E-state index in [-0.39, 0.29) is 25.8 Å². The predicted octanol–water partition coefficient (Wildman–Crippen LogP) is 5.23.